The van der Waals surface area contributed by atoms with Crippen LogP contribution in [0.4, 0.5) is 5.69 Å². The van der Waals surface area contributed by atoms with Crippen LogP contribution in [-0.2, 0) is 24.4 Å². The van der Waals surface area contributed by atoms with Crippen molar-refractivity contribution in [2.45, 2.75) is 40.4 Å². The summed E-state index contributed by atoms with van der Waals surface area (Å²) in [5.41, 5.74) is 2.17. The first-order valence-electron chi connectivity index (χ1n) is 10.5. The van der Waals surface area contributed by atoms with Crippen molar-refractivity contribution in [2.24, 2.45) is 0 Å². The van der Waals surface area contributed by atoms with Gasteiger partial charge in [0.2, 0.25) is 5.91 Å². The molecule has 0 bridgehead atoms. The van der Waals surface area contributed by atoms with Crippen LogP contribution in [0.1, 0.15) is 35.6 Å². The lowest BCUT2D eigenvalue weighted by Crippen LogP contribution is -2.25. The van der Waals surface area contributed by atoms with E-state index in [-0.39, 0.29) is 24.9 Å². The molecule has 1 heterocycles. The average molecular weight is 454 g/mol. The lowest BCUT2D eigenvalue weighted by molar-refractivity contribution is -0.116. The number of nitrogens with zero attached hydrogens (tertiary/aromatic N) is 3. The van der Waals surface area contributed by atoms with Gasteiger partial charge in [0.25, 0.3) is 5.91 Å². The van der Waals surface area contributed by atoms with Gasteiger partial charge in [-0.15, -0.1) is 0 Å². The molecule has 0 fully saturated rings. The van der Waals surface area contributed by atoms with E-state index < -0.39 is 0 Å². The molecule has 3 rings (SSSR count). The Labute approximate surface area is 192 Å². The Morgan fingerprint density at radius 3 is 2.47 bits per heavy atom. The summed E-state index contributed by atoms with van der Waals surface area (Å²) < 4.78 is 9.11. The van der Waals surface area contributed by atoms with Gasteiger partial charge in [-0.3, -0.25) is 9.59 Å². The maximum absolute atomic E-state index is 12.5. The second-order valence-electron chi connectivity index (χ2n) is 7.10. The fraction of sp³-hybridized carbons (Fsp3) is 0.304. The van der Waals surface area contributed by atoms with E-state index in [4.69, 9.17) is 17.0 Å². The first-order chi connectivity index (χ1) is 15.4. The minimum atomic E-state index is -0.249. The van der Waals surface area contributed by atoms with Crippen molar-refractivity contribution in [1.29, 1.82) is 0 Å². The molecule has 2 aromatic carbocycles. The van der Waals surface area contributed by atoms with Gasteiger partial charge >= 0.3 is 0 Å². The quantitative estimate of drug-likeness (QED) is 0.482. The molecule has 168 valence electrons. The van der Waals surface area contributed by atoms with E-state index in [2.05, 4.69) is 15.7 Å². The van der Waals surface area contributed by atoms with Crippen LogP contribution in [0.5, 0.6) is 5.75 Å². The van der Waals surface area contributed by atoms with Gasteiger partial charge in [0.05, 0.1) is 13.2 Å². The summed E-state index contributed by atoms with van der Waals surface area (Å²) in [7, 11) is 0. The SMILES string of the molecule is CCOc1ccc(NC(=O)Cn2nc(CNC(=O)c3ccccc3C)n(CC)c2=S)cc1. The number of amides is 2. The zero-order valence-electron chi connectivity index (χ0n) is 18.4. The van der Waals surface area contributed by atoms with Crippen molar-refractivity contribution in [1.82, 2.24) is 19.7 Å². The smallest absolute Gasteiger partial charge is 0.251 e. The molecule has 9 heteroatoms. The average Bonchev–Trinajstić information content (AvgIpc) is 3.08. The van der Waals surface area contributed by atoms with Crippen LogP contribution < -0.4 is 15.4 Å². The topological polar surface area (TPSA) is 90.2 Å². The van der Waals surface area contributed by atoms with Crippen molar-refractivity contribution >= 4 is 29.7 Å². The van der Waals surface area contributed by atoms with E-state index in [1.807, 2.05) is 39.0 Å². The molecule has 0 unspecified atom stereocenters. The minimum absolute atomic E-state index is 0.0300. The second kappa shape index (κ2) is 10.7. The summed E-state index contributed by atoms with van der Waals surface area (Å²) in [6, 6.07) is 14.5. The normalized spacial score (nSPS) is 10.6. The highest BCUT2D eigenvalue weighted by molar-refractivity contribution is 7.71. The molecule has 2 N–H and O–H groups in total. The second-order valence-corrected chi connectivity index (χ2v) is 7.47. The molecule has 32 heavy (non-hydrogen) atoms. The molecular formula is C23H27N5O3S. The van der Waals surface area contributed by atoms with Crippen molar-refractivity contribution in [3.05, 3.63) is 70.3 Å². The molecule has 0 radical (unpaired) electrons. The number of benzene rings is 2. The van der Waals surface area contributed by atoms with E-state index in [1.54, 1.807) is 34.9 Å². The predicted molar refractivity (Wildman–Crippen MR) is 125 cm³/mol. The number of aryl methyl sites for hydroxylation is 1. The fourth-order valence-corrected chi connectivity index (χ4v) is 3.60. The summed E-state index contributed by atoms with van der Waals surface area (Å²) in [6.45, 7) is 7.08. The monoisotopic (exact) mass is 453 g/mol. The Balaban J connectivity index is 1.66. The molecule has 1 aromatic heterocycles. The highest BCUT2D eigenvalue weighted by Gasteiger charge is 2.15. The van der Waals surface area contributed by atoms with Crippen LogP contribution in [0.15, 0.2) is 48.5 Å². The number of ether oxygens (including phenoxy) is 1. The summed E-state index contributed by atoms with van der Waals surface area (Å²) in [4.78, 5) is 25.0. The number of rotatable bonds is 9. The Hall–Kier alpha value is -3.46. The molecule has 0 atom stereocenters. The van der Waals surface area contributed by atoms with Crippen LogP contribution in [0, 0.1) is 11.7 Å². The van der Waals surface area contributed by atoms with Crippen molar-refractivity contribution in [3.8, 4) is 5.75 Å². The Bertz CT molecular complexity index is 1150. The van der Waals surface area contributed by atoms with Crippen molar-refractivity contribution in [2.75, 3.05) is 11.9 Å². The highest BCUT2D eigenvalue weighted by Crippen LogP contribution is 2.15. The third-order valence-electron chi connectivity index (χ3n) is 4.85. The highest BCUT2D eigenvalue weighted by atomic mass is 32.1. The summed E-state index contributed by atoms with van der Waals surface area (Å²) in [5, 5.41) is 10.2. The summed E-state index contributed by atoms with van der Waals surface area (Å²) in [5.74, 6) is 0.904. The summed E-state index contributed by atoms with van der Waals surface area (Å²) in [6.07, 6.45) is 0. The zero-order valence-corrected chi connectivity index (χ0v) is 19.2. The van der Waals surface area contributed by atoms with Gasteiger partial charge in [0.1, 0.15) is 12.3 Å². The van der Waals surface area contributed by atoms with Crippen molar-refractivity contribution in [3.63, 3.8) is 0 Å². The van der Waals surface area contributed by atoms with Gasteiger partial charge in [0, 0.05) is 17.8 Å². The van der Waals surface area contributed by atoms with Gasteiger partial charge in [-0.05, 0) is 68.9 Å². The van der Waals surface area contributed by atoms with Gasteiger partial charge < -0.3 is 19.9 Å². The van der Waals surface area contributed by atoms with Crippen LogP contribution >= 0.6 is 12.2 Å². The molecule has 8 nitrogen and oxygen atoms in total. The van der Waals surface area contributed by atoms with Crippen LogP contribution in [0.3, 0.4) is 0 Å². The lowest BCUT2D eigenvalue weighted by Gasteiger charge is -2.07. The molecule has 0 saturated carbocycles. The molecule has 0 aliphatic carbocycles. The number of carbonyl (C=O) groups excluding carboxylic acids is 2. The Morgan fingerprint density at radius 1 is 1.09 bits per heavy atom. The molecule has 0 aliphatic rings. The number of aromatic nitrogens is 3. The number of hydrogen-bond donors (Lipinski definition) is 2. The maximum Gasteiger partial charge on any atom is 0.251 e. The molecule has 3 aromatic rings. The number of nitrogens with one attached hydrogen (secondary N) is 2. The van der Waals surface area contributed by atoms with Crippen molar-refractivity contribution < 1.29 is 14.3 Å². The van der Waals surface area contributed by atoms with E-state index in [1.165, 1.54) is 4.68 Å². The third-order valence-corrected chi connectivity index (χ3v) is 5.29. The van der Waals surface area contributed by atoms with Crippen LogP contribution in [0.2, 0.25) is 0 Å². The van der Waals surface area contributed by atoms with Gasteiger partial charge in [-0.25, -0.2) is 4.68 Å². The van der Waals surface area contributed by atoms with Crippen LogP contribution in [0.25, 0.3) is 0 Å². The van der Waals surface area contributed by atoms with E-state index >= 15 is 0 Å². The zero-order chi connectivity index (χ0) is 23.1. The van der Waals surface area contributed by atoms with Gasteiger partial charge in [0.15, 0.2) is 10.6 Å². The number of hydrogen-bond acceptors (Lipinski definition) is 5. The molecule has 2 amide bonds. The molecule has 0 aliphatic heterocycles. The van der Waals surface area contributed by atoms with Crippen LogP contribution in [-0.4, -0.2) is 32.8 Å². The first kappa shape index (κ1) is 23.2. The summed E-state index contributed by atoms with van der Waals surface area (Å²) >= 11 is 5.49. The number of anilines is 1. The maximum atomic E-state index is 12.5. The Kier molecular flexibility index (Phi) is 7.77. The van der Waals surface area contributed by atoms with E-state index in [0.717, 1.165) is 11.3 Å². The van der Waals surface area contributed by atoms with Gasteiger partial charge in [-0.2, -0.15) is 5.10 Å². The molecule has 0 saturated heterocycles. The predicted octanol–water partition coefficient (Wildman–Crippen LogP) is 3.71. The lowest BCUT2D eigenvalue weighted by atomic mass is 10.1. The van der Waals surface area contributed by atoms with E-state index in [0.29, 0.717) is 35.0 Å². The number of carbonyl (C=O) groups is 2. The minimum Gasteiger partial charge on any atom is -0.494 e. The molecular weight excluding hydrogens is 426 g/mol. The first-order valence-corrected chi connectivity index (χ1v) is 10.9. The standard InChI is InChI=1S/C23H27N5O3S/c1-4-27-20(14-24-22(30)19-9-7-6-8-16(19)3)26-28(23(27)32)15-21(29)25-17-10-12-18(13-11-17)31-5-2/h6-13H,4-5,14-15H2,1-3H3,(H,24,30)(H,25,29). The fourth-order valence-electron chi connectivity index (χ4n) is 3.26. The Morgan fingerprint density at radius 2 is 1.81 bits per heavy atom. The van der Waals surface area contributed by atoms with Gasteiger partial charge in [-0.1, -0.05) is 18.2 Å². The van der Waals surface area contributed by atoms with E-state index in [9.17, 15) is 9.59 Å². The largest absolute Gasteiger partial charge is 0.494 e. The molecule has 0 spiro atoms. The third kappa shape index (κ3) is 5.61.